The van der Waals surface area contributed by atoms with Gasteiger partial charge in [-0.3, -0.25) is 4.79 Å². The maximum Gasteiger partial charge on any atom is 0.251 e. The number of nitrogens with zero attached hydrogens (tertiary/aromatic N) is 1. The summed E-state index contributed by atoms with van der Waals surface area (Å²) in [6.07, 6.45) is 2.83. The van der Waals surface area contributed by atoms with Gasteiger partial charge < -0.3 is 5.32 Å². The number of sulfonamides is 1. The number of aryl methyl sites for hydroxylation is 1. The fourth-order valence-electron chi connectivity index (χ4n) is 2.83. The number of nitrogens with one attached hydrogen (secondary N) is 1. The Labute approximate surface area is 132 Å². The second-order valence-corrected chi connectivity index (χ2v) is 7.69. The van der Waals surface area contributed by atoms with E-state index in [-0.39, 0.29) is 16.8 Å². The third-order valence-electron chi connectivity index (χ3n) is 4.14. The van der Waals surface area contributed by atoms with Crippen molar-refractivity contribution in [3.05, 3.63) is 29.3 Å². The van der Waals surface area contributed by atoms with E-state index in [1.165, 1.54) is 6.07 Å². The van der Waals surface area contributed by atoms with E-state index in [0.717, 1.165) is 24.8 Å². The zero-order chi connectivity index (χ0) is 16.3. The van der Waals surface area contributed by atoms with Crippen molar-refractivity contribution in [3.63, 3.8) is 0 Å². The largest absolute Gasteiger partial charge is 0.352 e. The summed E-state index contributed by atoms with van der Waals surface area (Å²) in [6, 6.07) is 4.80. The molecule has 0 radical (unpaired) electrons. The maximum atomic E-state index is 12.8. The molecule has 0 aliphatic carbocycles. The van der Waals surface area contributed by atoms with Gasteiger partial charge in [-0.1, -0.05) is 12.5 Å². The predicted molar refractivity (Wildman–Crippen MR) is 86.4 cm³/mol. The number of benzene rings is 1. The molecule has 1 atom stereocenters. The van der Waals surface area contributed by atoms with E-state index in [9.17, 15) is 13.2 Å². The minimum atomic E-state index is -3.55. The SMILES string of the molecule is CCNC(=O)c1cc(S(=O)(=O)N2CCCCC2C)ccc1C. The molecule has 1 N–H and O–H groups in total. The van der Waals surface area contributed by atoms with Crippen molar-refractivity contribution in [1.29, 1.82) is 0 Å². The smallest absolute Gasteiger partial charge is 0.251 e. The van der Waals surface area contributed by atoms with Crippen LogP contribution in [0.5, 0.6) is 0 Å². The molecule has 1 saturated heterocycles. The van der Waals surface area contributed by atoms with Crippen LogP contribution in [0.2, 0.25) is 0 Å². The first-order valence-electron chi connectivity index (χ1n) is 7.78. The predicted octanol–water partition coefficient (Wildman–Crippen LogP) is 2.31. The Hall–Kier alpha value is -1.40. The third-order valence-corrected chi connectivity index (χ3v) is 6.15. The highest BCUT2D eigenvalue weighted by molar-refractivity contribution is 7.89. The Bertz CT molecular complexity index is 655. The molecule has 0 aromatic heterocycles. The molecular weight excluding hydrogens is 300 g/mol. The van der Waals surface area contributed by atoms with E-state index in [2.05, 4.69) is 5.32 Å². The third kappa shape index (κ3) is 3.33. The van der Waals surface area contributed by atoms with Crippen LogP contribution in [-0.2, 0) is 10.0 Å². The van der Waals surface area contributed by atoms with Gasteiger partial charge in [0.1, 0.15) is 0 Å². The Kier molecular flexibility index (Phi) is 5.24. The highest BCUT2D eigenvalue weighted by Crippen LogP contribution is 2.26. The summed E-state index contributed by atoms with van der Waals surface area (Å²) < 4.78 is 27.2. The number of carbonyl (C=O) groups is 1. The van der Waals surface area contributed by atoms with Crippen LogP contribution >= 0.6 is 0 Å². The van der Waals surface area contributed by atoms with Crippen LogP contribution in [0.1, 0.15) is 49.0 Å². The molecule has 1 fully saturated rings. The maximum absolute atomic E-state index is 12.8. The van der Waals surface area contributed by atoms with Gasteiger partial charge in [0.2, 0.25) is 10.0 Å². The fraction of sp³-hybridized carbons (Fsp3) is 0.562. The van der Waals surface area contributed by atoms with Gasteiger partial charge >= 0.3 is 0 Å². The van der Waals surface area contributed by atoms with Crippen molar-refractivity contribution in [2.24, 2.45) is 0 Å². The number of hydrogen-bond acceptors (Lipinski definition) is 3. The van der Waals surface area contributed by atoms with Crippen LogP contribution in [0.25, 0.3) is 0 Å². The van der Waals surface area contributed by atoms with Crippen molar-refractivity contribution in [3.8, 4) is 0 Å². The minimum Gasteiger partial charge on any atom is -0.352 e. The number of rotatable bonds is 4. The molecule has 1 aromatic carbocycles. The first kappa shape index (κ1) is 17.0. The zero-order valence-corrected chi connectivity index (χ0v) is 14.2. The van der Waals surface area contributed by atoms with Gasteiger partial charge in [0.15, 0.2) is 0 Å². The second kappa shape index (κ2) is 6.79. The highest BCUT2D eigenvalue weighted by Gasteiger charge is 2.31. The van der Waals surface area contributed by atoms with E-state index in [1.54, 1.807) is 16.4 Å². The standard InChI is InChI=1S/C16H24N2O3S/c1-4-17-16(19)15-11-14(9-8-12(15)2)22(20,21)18-10-6-5-7-13(18)3/h8-9,11,13H,4-7,10H2,1-3H3,(H,17,19). The van der Waals surface area contributed by atoms with Crippen LogP contribution in [0.15, 0.2) is 23.1 Å². The van der Waals surface area contributed by atoms with Crippen LogP contribution in [0, 0.1) is 6.92 Å². The molecule has 2 rings (SSSR count). The normalized spacial score (nSPS) is 19.9. The number of piperidine rings is 1. The molecule has 1 unspecified atom stereocenters. The Morgan fingerprint density at radius 3 is 2.73 bits per heavy atom. The molecular formula is C16H24N2O3S. The molecule has 0 saturated carbocycles. The fourth-order valence-corrected chi connectivity index (χ4v) is 4.55. The zero-order valence-electron chi connectivity index (χ0n) is 13.4. The second-order valence-electron chi connectivity index (χ2n) is 5.80. The quantitative estimate of drug-likeness (QED) is 0.924. The first-order chi connectivity index (χ1) is 10.4. The summed E-state index contributed by atoms with van der Waals surface area (Å²) in [6.45, 7) is 6.65. The summed E-state index contributed by atoms with van der Waals surface area (Å²) in [7, 11) is -3.55. The number of hydrogen-bond donors (Lipinski definition) is 1. The summed E-state index contributed by atoms with van der Waals surface area (Å²) in [4.78, 5) is 12.3. The van der Waals surface area contributed by atoms with Gasteiger partial charge in [0.25, 0.3) is 5.91 Å². The van der Waals surface area contributed by atoms with E-state index in [1.807, 2.05) is 20.8 Å². The molecule has 6 heteroatoms. The summed E-state index contributed by atoms with van der Waals surface area (Å²) in [5, 5.41) is 2.72. The van der Waals surface area contributed by atoms with Gasteiger partial charge in [-0.25, -0.2) is 8.42 Å². The molecule has 22 heavy (non-hydrogen) atoms. The van der Waals surface area contributed by atoms with Crippen molar-refractivity contribution in [2.75, 3.05) is 13.1 Å². The van der Waals surface area contributed by atoms with Crippen molar-refractivity contribution in [1.82, 2.24) is 9.62 Å². The summed E-state index contributed by atoms with van der Waals surface area (Å²) in [5.74, 6) is -0.233. The molecule has 122 valence electrons. The van der Waals surface area contributed by atoms with Gasteiger partial charge in [0.05, 0.1) is 4.90 Å². The van der Waals surface area contributed by atoms with Crippen LogP contribution in [-0.4, -0.2) is 37.8 Å². The Balaban J connectivity index is 2.39. The van der Waals surface area contributed by atoms with Crippen molar-refractivity contribution in [2.45, 2.75) is 51.0 Å². The van der Waals surface area contributed by atoms with Crippen LogP contribution < -0.4 is 5.32 Å². The summed E-state index contributed by atoms with van der Waals surface area (Å²) >= 11 is 0. The molecule has 0 spiro atoms. The van der Waals surface area contributed by atoms with E-state index in [0.29, 0.717) is 18.7 Å². The van der Waals surface area contributed by atoms with E-state index < -0.39 is 10.0 Å². The lowest BCUT2D eigenvalue weighted by molar-refractivity contribution is 0.0955. The average Bonchev–Trinajstić information content (AvgIpc) is 2.48. The van der Waals surface area contributed by atoms with E-state index >= 15 is 0 Å². The first-order valence-corrected chi connectivity index (χ1v) is 9.22. The van der Waals surface area contributed by atoms with Crippen molar-refractivity contribution < 1.29 is 13.2 Å². The average molecular weight is 324 g/mol. The monoisotopic (exact) mass is 324 g/mol. The highest BCUT2D eigenvalue weighted by atomic mass is 32.2. The minimum absolute atomic E-state index is 0.00738. The Morgan fingerprint density at radius 1 is 1.36 bits per heavy atom. The molecule has 1 aliphatic heterocycles. The van der Waals surface area contributed by atoms with Crippen LogP contribution in [0.4, 0.5) is 0 Å². The molecule has 0 bridgehead atoms. The topological polar surface area (TPSA) is 66.5 Å². The lowest BCUT2D eigenvalue weighted by Gasteiger charge is -2.32. The number of amides is 1. The van der Waals surface area contributed by atoms with Gasteiger partial charge in [0, 0.05) is 24.7 Å². The van der Waals surface area contributed by atoms with Gasteiger partial charge in [-0.05, 0) is 51.3 Å². The van der Waals surface area contributed by atoms with Gasteiger partial charge in [-0.2, -0.15) is 4.31 Å². The van der Waals surface area contributed by atoms with Crippen LogP contribution in [0.3, 0.4) is 0 Å². The molecule has 5 nitrogen and oxygen atoms in total. The van der Waals surface area contributed by atoms with Crippen molar-refractivity contribution >= 4 is 15.9 Å². The molecule has 1 aromatic rings. The summed E-state index contributed by atoms with van der Waals surface area (Å²) in [5.41, 5.74) is 1.20. The van der Waals surface area contributed by atoms with Gasteiger partial charge in [-0.15, -0.1) is 0 Å². The molecule has 1 heterocycles. The molecule has 1 amide bonds. The lowest BCUT2D eigenvalue weighted by atomic mass is 10.1. The molecule has 1 aliphatic rings. The number of carbonyl (C=O) groups excluding carboxylic acids is 1. The lowest BCUT2D eigenvalue weighted by Crippen LogP contribution is -2.42. The Morgan fingerprint density at radius 2 is 2.09 bits per heavy atom. The van der Waals surface area contributed by atoms with E-state index in [4.69, 9.17) is 0 Å².